The van der Waals surface area contributed by atoms with Crippen LogP contribution in [0.5, 0.6) is 0 Å². The van der Waals surface area contributed by atoms with Crippen molar-refractivity contribution in [3.8, 4) is 0 Å². The minimum absolute atomic E-state index is 0.406. The molecule has 0 atom stereocenters. The predicted molar refractivity (Wildman–Crippen MR) is 65.3 cm³/mol. The van der Waals surface area contributed by atoms with Gasteiger partial charge in [0.1, 0.15) is 0 Å². The molecule has 76 valence electrons. The first-order valence-electron chi connectivity index (χ1n) is 4.88. The molecule has 0 heterocycles. The maximum atomic E-state index is 6.18. The molecule has 0 aliphatic rings. The molecule has 0 spiro atoms. The number of hydrogen-bond acceptors (Lipinski definition) is 0. The van der Waals surface area contributed by atoms with Crippen LogP contribution in [0.15, 0.2) is 39.8 Å². The third kappa shape index (κ3) is 3.49. The van der Waals surface area contributed by atoms with Crippen molar-refractivity contribution in [3.05, 3.63) is 39.8 Å². The molecule has 0 unspecified atom stereocenters. The number of hydrogen-bond donors (Lipinski definition) is 0. The molecule has 0 nitrogen and oxygen atoms in total. The van der Waals surface area contributed by atoms with Crippen LogP contribution in [0, 0.1) is 0 Å². The average Bonchev–Trinajstić information content (AvgIpc) is 2.26. The van der Waals surface area contributed by atoms with E-state index in [1.807, 2.05) is 0 Å². The second-order valence-electron chi connectivity index (χ2n) is 2.95. The molecule has 1 aromatic carbocycles. The predicted octanol–water partition coefficient (Wildman–Crippen LogP) is 3.29. The van der Waals surface area contributed by atoms with Gasteiger partial charge in [-0.2, -0.15) is 0 Å². The van der Waals surface area contributed by atoms with E-state index in [2.05, 4.69) is 44.2 Å². The Morgan fingerprint density at radius 2 is 1.79 bits per heavy atom. The topological polar surface area (TPSA) is 0 Å². The standard InChI is InChI=1S/C12H15ClSe/c1-3-11(13)12(4-2)14-10-8-6-5-7-9-10/h5-9H,3-4H2,1-2H3/b12-11-. The van der Waals surface area contributed by atoms with E-state index >= 15 is 0 Å². The molecule has 2 heteroatoms. The normalized spacial score (nSPS) is 12.5. The van der Waals surface area contributed by atoms with Crippen molar-refractivity contribution in [1.29, 1.82) is 0 Å². The van der Waals surface area contributed by atoms with Gasteiger partial charge in [-0.25, -0.2) is 0 Å². The summed E-state index contributed by atoms with van der Waals surface area (Å²) in [6.45, 7) is 4.29. The second kappa shape index (κ2) is 6.29. The molecule has 0 amide bonds. The van der Waals surface area contributed by atoms with Crippen molar-refractivity contribution in [3.63, 3.8) is 0 Å². The molecule has 1 rings (SSSR count). The third-order valence-corrected chi connectivity index (χ3v) is 5.37. The number of allylic oxidation sites excluding steroid dienone is 2. The summed E-state index contributed by atoms with van der Waals surface area (Å²) < 4.78 is 2.83. The van der Waals surface area contributed by atoms with Crippen LogP contribution < -0.4 is 4.46 Å². The summed E-state index contributed by atoms with van der Waals surface area (Å²) in [5, 5.41) is 1.05. The quantitative estimate of drug-likeness (QED) is 0.739. The fourth-order valence-electron chi connectivity index (χ4n) is 1.15. The van der Waals surface area contributed by atoms with Gasteiger partial charge in [-0.15, -0.1) is 0 Å². The van der Waals surface area contributed by atoms with Crippen LogP contribution in [0.3, 0.4) is 0 Å². The minimum atomic E-state index is 0.406. The molecule has 0 aromatic heterocycles. The van der Waals surface area contributed by atoms with Crippen molar-refractivity contribution >= 4 is 31.0 Å². The van der Waals surface area contributed by atoms with Crippen molar-refractivity contribution in [1.82, 2.24) is 0 Å². The third-order valence-electron chi connectivity index (χ3n) is 1.92. The Morgan fingerprint density at radius 1 is 1.14 bits per heavy atom. The van der Waals surface area contributed by atoms with E-state index in [0.717, 1.165) is 17.9 Å². The van der Waals surface area contributed by atoms with Crippen LogP contribution in [-0.4, -0.2) is 15.0 Å². The van der Waals surface area contributed by atoms with Gasteiger partial charge in [-0.05, 0) is 0 Å². The van der Waals surface area contributed by atoms with Crippen LogP contribution in [0.1, 0.15) is 26.7 Å². The molecule has 0 saturated heterocycles. The molecule has 0 aliphatic heterocycles. The summed E-state index contributed by atoms with van der Waals surface area (Å²) in [6, 6.07) is 10.6. The van der Waals surface area contributed by atoms with Gasteiger partial charge in [0.05, 0.1) is 0 Å². The summed E-state index contributed by atoms with van der Waals surface area (Å²) in [5.74, 6) is 0. The maximum absolute atomic E-state index is 6.18. The van der Waals surface area contributed by atoms with E-state index in [0.29, 0.717) is 15.0 Å². The van der Waals surface area contributed by atoms with E-state index < -0.39 is 0 Å². The van der Waals surface area contributed by atoms with Gasteiger partial charge in [-0.3, -0.25) is 0 Å². The first-order valence-corrected chi connectivity index (χ1v) is 6.97. The zero-order valence-corrected chi connectivity index (χ0v) is 11.1. The van der Waals surface area contributed by atoms with Crippen molar-refractivity contribution in [2.24, 2.45) is 0 Å². The van der Waals surface area contributed by atoms with Gasteiger partial charge in [0.15, 0.2) is 0 Å². The number of benzene rings is 1. The van der Waals surface area contributed by atoms with Crippen molar-refractivity contribution in [2.75, 3.05) is 0 Å². The molecule has 0 radical (unpaired) electrons. The summed E-state index contributed by atoms with van der Waals surface area (Å²) in [4.78, 5) is 0. The molecular weight excluding hydrogens is 259 g/mol. The van der Waals surface area contributed by atoms with Gasteiger partial charge in [-0.1, -0.05) is 0 Å². The molecule has 0 saturated carbocycles. The van der Waals surface area contributed by atoms with E-state index in [1.165, 1.54) is 8.93 Å². The zero-order chi connectivity index (χ0) is 10.4. The molecule has 1 aromatic rings. The monoisotopic (exact) mass is 274 g/mol. The van der Waals surface area contributed by atoms with Crippen LogP contribution in [0.25, 0.3) is 0 Å². The van der Waals surface area contributed by atoms with E-state index in [1.54, 1.807) is 0 Å². The van der Waals surface area contributed by atoms with Crippen LogP contribution in [0.2, 0.25) is 0 Å². The van der Waals surface area contributed by atoms with Crippen molar-refractivity contribution < 1.29 is 0 Å². The number of halogens is 1. The van der Waals surface area contributed by atoms with Crippen LogP contribution in [-0.2, 0) is 0 Å². The SMILES string of the molecule is CC/C(Cl)=C(\CC)[Se]c1ccccc1. The van der Waals surface area contributed by atoms with E-state index in [4.69, 9.17) is 11.6 Å². The molecule has 0 aliphatic carbocycles. The molecule has 0 N–H and O–H groups in total. The number of rotatable bonds is 4. The first-order chi connectivity index (χ1) is 6.77. The Bertz CT molecular complexity index is 303. The van der Waals surface area contributed by atoms with Crippen LogP contribution in [0.4, 0.5) is 0 Å². The molecule has 14 heavy (non-hydrogen) atoms. The summed E-state index contributed by atoms with van der Waals surface area (Å²) >= 11 is 6.58. The Hall–Kier alpha value is -0.231. The Balaban J connectivity index is 2.77. The van der Waals surface area contributed by atoms with E-state index in [9.17, 15) is 0 Å². The fraction of sp³-hybridized carbons (Fsp3) is 0.333. The van der Waals surface area contributed by atoms with Gasteiger partial charge in [0.2, 0.25) is 0 Å². The average molecular weight is 274 g/mol. The first kappa shape index (κ1) is 11.8. The molecule has 0 bridgehead atoms. The van der Waals surface area contributed by atoms with Crippen molar-refractivity contribution in [2.45, 2.75) is 26.7 Å². The van der Waals surface area contributed by atoms with Gasteiger partial charge in [0, 0.05) is 0 Å². The van der Waals surface area contributed by atoms with E-state index in [-0.39, 0.29) is 0 Å². The fourth-order valence-corrected chi connectivity index (χ4v) is 3.53. The Labute approximate surface area is 97.5 Å². The summed E-state index contributed by atoms with van der Waals surface area (Å²) in [5.41, 5.74) is 0. The zero-order valence-electron chi connectivity index (χ0n) is 8.59. The van der Waals surface area contributed by atoms with Gasteiger partial charge in [0.25, 0.3) is 0 Å². The van der Waals surface area contributed by atoms with Gasteiger partial charge >= 0.3 is 97.5 Å². The Kier molecular flexibility index (Phi) is 5.32. The Morgan fingerprint density at radius 3 is 2.29 bits per heavy atom. The summed E-state index contributed by atoms with van der Waals surface area (Å²) in [6.07, 6.45) is 2.03. The second-order valence-corrected chi connectivity index (χ2v) is 5.86. The molecule has 0 fully saturated rings. The van der Waals surface area contributed by atoms with Gasteiger partial charge < -0.3 is 0 Å². The molecular formula is C12H15ClSe. The summed E-state index contributed by atoms with van der Waals surface area (Å²) in [7, 11) is 0. The van der Waals surface area contributed by atoms with Crippen LogP contribution >= 0.6 is 11.6 Å².